The van der Waals surface area contributed by atoms with E-state index in [1.807, 2.05) is 44.2 Å². The van der Waals surface area contributed by atoms with Gasteiger partial charge < -0.3 is 15.5 Å². The zero-order chi connectivity index (χ0) is 20.1. The number of amides is 3. The predicted octanol–water partition coefficient (Wildman–Crippen LogP) is 2.66. The molecule has 0 unspecified atom stereocenters. The number of nitrogens with zero attached hydrogens (tertiary/aromatic N) is 1. The van der Waals surface area contributed by atoms with Crippen molar-refractivity contribution in [2.75, 3.05) is 18.4 Å². The maximum absolute atomic E-state index is 12.8. The zero-order valence-electron chi connectivity index (χ0n) is 16.2. The molecular weight excluding hydrogens is 354 g/mol. The van der Waals surface area contributed by atoms with Crippen molar-refractivity contribution < 1.29 is 14.4 Å². The lowest BCUT2D eigenvalue weighted by molar-refractivity contribution is -0.124. The Kier molecular flexibility index (Phi) is 6.09. The molecule has 6 heteroatoms. The van der Waals surface area contributed by atoms with E-state index in [9.17, 15) is 14.4 Å². The maximum atomic E-state index is 12.8. The summed E-state index contributed by atoms with van der Waals surface area (Å²) in [5.74, 6) is -0.796. The number of carbonyl (C=O) groups is 3. The molecule has 2 N–H and O–H groups in total. The van der Waals surface area contributed by atoms with Gasteiger partial charge in [0, 0.05) is 17.3 Å². The molecule has 3 amide bonds. The van der Waals surface area contributed by atoms with E-state index in [0.29, 0.717) is 11.3 Å². The third-order valence-corrected chi connectivity index (χ3v) is 4.61. The lowest BCUT2D eigenvalue weighted by Gasteiger charge is -2.22. The largest absolute Gasteiger partial charge is 0.345 e. The Hall–Kier alpha value is -3.15. The van der Waals surface area contributed by atoms with Gasteiger partial charge in [0.25, 0.3) is 5.91 Å². The Morgan fingerprint density at radius 2 is 1.68 bits per heavy atom. The van der Waals surface area contributed by atoms with E-state index in [4.69, 9.17) is 0 Å². The summed E-state index contributed by atoms with van der Waals surface area (Å²) in [6.07, 6.45) is 1.80. The van der Waals surface area contributed by atoms with Crippen molar-refractivity contribution in [3.05, 3.63) is 65.2 Å². The van der Waals surface area contributed by atoms with Crippen LogP contribution >= 0.6 is 0 Å². The molecule has 6 nitrogen and oxygen atoms in total. The van der Waals surface area contributed by atoms with E-state index < -0.39 is 0 Å². The monoisotopic (exact) mass is 379 g/mol. The average Bonchev–Trinajstić information content (AvgIpc) is 3.50. The minimum Gasteiger partial charge on any atom is -0.345 e. The van der Waals surface area contributed by atoms with Crippen molar-refractivity contribution in [3.8, 4) is 0 Å². The fourth-order valence-corrected chi connectivity index (χ4v) is 2.93. The molecule has 0 saturated heterocycles. The summed E-state index contributed by atoms with van der Waals surface area (Å²) >= 11 is 0. The summed E-state index contributed by atoms with van der Waals surface area (Å²) in [5, 5.41) is 5.35. The van der Waals surface area contributed by atoms with Crippen molar-refractivity contribution in [2.24, 2.45) is 0 Å². The lowest BCUT2D eigenvalue weighted by atomic mass is 10.1. The van der Waals surface area contributed by atoms with Crippen molar-refractivity contribution in [3.63, 3.8) is 0 Å². The molecule has 28 heavy (non-hydrogen) atoms. The van der Waals surface area contributed by atoms with Gasteiger partial charge in [0.05, 0.1) is 6.54 Å². The van der Waals surface area contributed by atoms with Crippen LogP contribution in [0.2, 0.25) is 0 Å². The minimum absolute atomic E-state index is 0.0465. The number of aryl methyl sites for hydroxylation is 2. The summed E-state index contributed by atoms with van der Waals surface area (Å²) in [5.41, 5.74) is 3.37. The van der Waals surface area contributed by atoms with Gasteiger partial charge in [0.15, 0.2) is 0 Å². The molecule has 1 aliphatic carbocycles. The summed E-state index contributed by atoms with van der Waals surface area (Å²) in [7, 11) is 0. The van der Waals surface area contributed by atoms with Gasteiger partial charge in [0.1, 0.15) is 6.54 Å². The fourth-order valence-electron chi connectivity index (χ4n) is 2.93. The third-order valence-electron chi connectivity index (χ3n) is 4.61. The number of rotatable bonds is 7. The predicted molar refractivity (Wildman–Crippen MR) is 108 cm³/mol. The summed E-state index contributed by atoms with van der Waals surface area (Å²) < 4.78 is 0. The Morgan fingerprint density at radius 1 is 0.964 bits per heavy atom. The Labute approximate surface area is 164 Å². The Balaban J connectivity index is 1.52. The first-order chi connectivity index (χ1) is 13.4. The van der Waals surface area contributed by atoms with Crippen LogP contribution in [0.1, 0.15) is 34.3 Å². The molecule has 0 spiro atoms. The number of benzene rings is 2. The highest BCUT2D eigenvalue weighted by molar-refractivity contribution is 5.98. The van der Waals surface area contributed by atoms with Crippen LogP contribution in [0.5, 0.6) is 0 Å². The molecule has 1 aliphatic rings. The van der Waals surface area contributed by atoms with Gasteiger partial charge in [-0.1, -0.05) is 29.8 Å². The van der Waals surface area contributed by atoms with Crippen LogP contribution in [0, 0.1) is 13.8 Å². The molecule has 0 heterocycles. The van der Waals surface area contributed by atoms with E-state index in [2.05, 4.69) is 10.6 Å². The van der Waals surface area contributed by atoms with E-state index in [-0.39, 0.29) is 36.9 Å². The molecule has 0 bridgehead atoms. The third kappa shape index (κ3) is 5.42. The van der Waals surface area contributed by atoms with Crippen LogP contribution in [-0.2, 0) is 9.59 Å². The molecule has 0 atom stereocenters. The molecule has 146 valence electrons. The molecule has 3 rings (SSSR count). The van der Waals surface area contributed by atoms with E-state index >= 15 is 0 Å². The Bertz CT molecular complexity index is 873. The second-order valence-electron chi connectivity index (χ2n) is 7.22. The minimum atomic E-state index is -0.341. The van der Waals surface area contributed by atoms with Gasteiger partial charge >= 0.3 is 0 Å². The fraction of sp³-hybridized carbons (Fsp3) is 0.318. The molecule has 1 saturated carbocycles. The zero-order valence-corrected chi connectivity index (χ0v) is 16.2. The number of anilines is 1. The normalized spacial score (nSPS) is 12.9. The van der Waals surface area contributed by atoms with Crippen LogP contribution in [0.25, 0.3) is 0 Å². The summed E-state index contributed by atoms with van der Waals surface area (Å²) in [6.45, 7) is 3.72. The smallest absolute Gasteiger partial charge is 0.254 e. The second kappa shape index (κ2) is 8.69. The summed E-state index contributed by atoms with van der Waals surface area (Å²) in [4.78, 5) is 38.7. The first kappa shape index (κ1) is 19.6. The quantitative estimate of drug-likeness (QED) is 0.776. The number of nitrogens with one attached hydrogen (secondary N) is 2. The standard InChI is InChI=1S/C22H25N3O3/c1-15-6-8-17(9-7-15)22(28)25(19-10-11-19)14-21(27)23-13-20(26)24-18-5-3-4-16(2)12-18/h3-9,12,19H,10-11,13-14H2,1-2H3,(H,23,27)(H,24,26). The molecule has 0 aliphatic heterocycles. The highest BCUT2D eigenvalue weighted by Crippen LogP contribution is 2.28. The SMILES string of the molecule is Cc1ccc(C(=O)N(CC(=O)NCC(=O)Nc2cccc(C)c2)C2CC2)cc1. The molecule has 0 radical (unpaired) electrons. The maximum Gasteiger partial charge on any atom is 0.254 e. The number of hydrogen-bond acceptors (Lipinski definition) is 3. The first-order valence-corrected chi connectivity index (χ1v) is 9.43. The van der Waals surface area contributed by atoms with Crippen molar-refractivity contribution >= 4 is 23.4 Å². The lowest BCUT2D eigenvalue weighted by Crippen LogP contribution is -2.43. The van der Waals surface area contributed by atoms with Gasteiger partial charge in [-0.2, -0.15) is 0 Å². The van der Waals surface area contributed by atoms with E-state index in [0.717, 1.165) is 24.0 Å². The van der Waals surface area contributed by atoms with Crippen molar-refractivity contribution in [1.29, 1.82) is 0 Å². The molecule has 0 aromatic heterocycles. The van der Waals surface area contributed by atoms with Gasteiger partial charge in [-0.15, -0.1) is 0 Å². The first-order valence-electron chi connectivity index (χ1n) is 9.43. The van der Waals surface area contributed by atoms with E-state index in [1.54, 1.807) is 23.1 Å². The average molecular weight is 379 g/mol. The van der Waals surface area contributed by atoms with Crippen LogP contribution in [0.4, 0.5) is 5.69 Å². The highest BCUT2D eigenvalue weighted by Gasteiger charge is 2.34. The number of hydrogen-bond donors (Lipinski definition) is 2. The van der Waals surface area contributed by atoms with Crippen LogP contribution in [-0.4, -0.2) is 41.8 Å². The highest BCUT2D eigenvalue weighted by atomic mass is 16.2. The van der Waals surface area contributed by atoms with Gasteiger partial charge in [-0.05, 0) is 56.5 Å². The molecule has 2 aromatic carbocycles. The molecular formula is C22H25N3O3. The molecule has 1 fully saturated rings. The molecule has 2 aromatic rings. The van der Waals surface area contributed by atoms with Gasteiger partial charge in [0.2, 0.25) is 11.8 Å². The number of carbonyl (C=O) groups excluding carboxylic acids is 3. The van der Waals surface area contributed by atoms with Crippen molar-refractivity contribution in [1.82, 2.24) is 10.2 Å². The van der Waals surface area contributed by atoms with Crippen molar-refractivity contribution in [2.45, 2.75) is 32.7 Å². The topological polar surface area (TPSA) is 78.5 Å². The van der Waals surface area contributed by atoms with E-state index in [1.165, 1.54) is 0 Å². The summed E-state index contributed by atoms with van der Waals surface area (Å²) in [6, 6.07) is 14.9. The Morgan fingerprint density at radius 3 is 2.32 bits per heavy atom. The second-order valence-corrected chi connectivity index (χ2v) is 7.22. The van der Waals surface area contributed by atoms with Crippen LogP contribution < -0.4 is 10.6 Å². The van der Waals surface area contributed by atoms with Gasteiger partial charge in [-0.25, -0.2) is 0 Å². The van der Waals surface area contributed by atoms with Gasteiger partial charge in [-0.3, -0.25) is 14.4 Å². The van der Waals surface area contributed by atoms with Crippen LogP contribution in [0.15, 0.2) is 48.5 Å². The van der Waals surface area contributed by atoms with Crippen LogP contribution in [0.3, 0.4) is 0 Å².